The van der Waals surface area contributed by atoms with E-state index in [4.69, 9.17) is 17.4 Å². The number of hydrogen-bond donors (Lipinski definition) is 2. The van der Waals surface area contributed by atoms with Crippen molar-refractivity contribution in [2.75, 3.05) is 13.1 Å². The summed E-state index contributed by atoms with van der Waals surface area (Å²) in [6, 6.07) is 8.08. The minimum atomic E-state index is 0.0199. The number of hydrogen-bond acceptors (Lipinski definition) is 3. The van der Waals surface area contributed by atoms with Gasteiger partial charge >= 0.3 is 0 Å². The number of halogens is 1. The van der Waals surface area contributed by atoms with E-state index in [-0.39, 0.29) is 11.6 Å². The van der Waals surface area contributed by atoms with Crippen molar-refractivity contribution < 1.29 is 0 Å². The Morgan fingerprint density at radius 1 is 1.10 bits per heavy atom. The molecule has 20 heavy (non-hydrogen) atoms. The first-order valence-corrected chi connectivity index (χ1v) is 7.93. The van der Waals surface area contributed by atoms with E-state index in [0.29, 0.717) is 0 Å². The van der Waals surface area contributed by atoms with Gasteiger partial charge < -0.3 is 0 Å². The summed E-state index contributed by atoms with van der Waals surface area (Å²) in [6.45, 7) is 10.9. The highest BCUT2D eigenvalue weighted by atomic mass is 35.5. The Morgan fingerprint density at radius 3 is 1.95 bits per heavy atom. The fourth-order valence-corrected chi connectivity index (χ4v) is 3.48. The normalized spacial score (nSPS) is 13.8. The lowest BCUT2D eigenvalue weighted by atomic mass is 9.79. The summed E-state index contributed by atoms with van der Waals surface area (Å²) >= 11 is 6.00. The van der Waals surface area contributed by atoms with Crippen molar-refractivity contribution >= 4 is 11.6 Å². The molecule has 1 aromatic rings. The van der Waals surface area contributed by atoms with Crippen molar-refractivity contribution in [1.82, 2.24) is 10.3 Å². The van der Waals surface area contributed by atoms with Gasteiger partial charge in [0.15, 0.2) is 0 Å². The van der Waals surface area contributed by atoms with Crippen molar-refractivity contribution in [2.24, 2.45) is 5.84 Å². The molecule has 0 aromatic heterocycles. The number of likely N-dealkylation sites (N-methyl/N-ethyl adjacent to an activating group) is 1. The quantitative estimate of drug-likeness (QED) is 0.567. The molecule has 1 atom stereocenters. The summed E-state index contributed by atoms with van der Waals surface area (Å²) in [4.78, 5) is 2.51. The number of nitrogens with two attached hydrogens (primary N) is 1. The van der Waals surface area contributed by atoms with Gasteiger partial charge in [0, 0.05) is 10.6 Å². The van der Waals surface area contributed by atoms with Crippen LogP contribution in [0.15, 0.2) is 24.3 Å². The Bertz CT molecular complexity index is 383. The molecule has 114 valence electrons. The largest absolute Gasteiger partial charge is 0.296 e. The van der Waals surface area contributed by atoms with Gasteiger partial charge in [-0.15, -0.1) is 0 Å². The zero-order valence-corrected chi connectivity index (χ0v) is 13.9. The lowest BCUT2D eigenvalue weighted by molar-refractivity contribution is 0.0487. The van der Waals surface area contributed by atoms with Crippen LogP contribution in [-0.4, -0.2) is 23.5 Å². The molecule has 0 saturated carbocycles. The average molecular weight is 298 g/mol. The third kappa shape index (κ3) is 3.34. The van der Waals surface area contributed by atoms with Crippen molar-refractivity contribution in [3.05, 3.63) is 34.9 Å². The minimum Gasteiger partial charge on any atom is -0.296 e. The van der Waals surface area contributed by atoms with Gasteiger partial charge in [-0.25, -0.2) is 0 Å². The second kappa shape index (κ2) is 7.99. The number of hydrazine groups is 1. The van der Waals surface area contributed by atoms with Crippen LogP contribution < -0.4 is 11.3 Å². The van der Waals surface area contributed by atoms with Crippen LogP contribution in [0.3, 0.4) is 0 Å². The van der Waals surface area contributed by atoms with Crippen LogP contribution in [0.5, 0.6) is 0 Å². The molecule has 0 aliphatic carbocycles. The molecule has 1 aromatic carbocycles. The maximum Gasteiger partial charge on any atom is 0.0643 e. The molecular formula is C16H28ClN3. The van der Waals surface area contributed by atoms with Gasteiger partial charge in [0.1, 0.15) is 0 Å². The van der Waals surface area contributed by atoms with Crippen LogP contribution in [-0.2, 0) is 0 Å². The van der Waals surface area contributed by atoms with Crippen LogP contribution in [0.1, 0.15) is 52.1 Å². The summed E-state index contributed by atoms with van der Waals surface area (Å²) in [5.74, 6) is 5.92. The molecule has 0 aliphatic rings. The second-order valence-corrected chi connectivity index (χ2v) is 5.57. The van der Waals surface area contributed by atoms with E-state index < -0.39 is 0 Å². The smallest absolute Gasteiger partial charge is 0.0643 e. The molecule has 0 spiro atoms. The first kappa shape index (κ1) is 17.4. The van der Waals surface area contributed by atoms with Gasteiger partial charge in [0.2, 0.25) is 0 Å². The van der Waals surface area contributed by atoms with Gasteiger partial charge in [-0.1, -0.05) is 51.4 Å². The van der Waals surface area contributed by atoms with Crippen LogP contribution in [0.25, 0.3) is 0 Å². The lowest BCUT2D eigenvalue weighted by Gasteiger charge is -2.48. The number of rotatable bonds is 8. The Balaban J connectivity index is 3.24. The predicted octanol–water partition coefficient (Wildman–Crippen LogP) is 3.75. The van der Waals surface area contributed by atoms with E-state index in [0.717, 1.165) is 31.0 Å². The molecule has 3 nitrogen and oxygen atoms in total. The molecule has 1 rings (SSSR count). The summed E-state index contributed by atoms with van der Waals surface area (Å²) in [7, 11) is 0. The third-order valence-corrected chi connectivity index (χ3v) is 4.78. The zero-order valence-electron chi connectivity index (χ0n) is 13.1. The van der Waals surface area contributed by atoms with Crippen LogP contribution in [0, 0.1) is 0 Å². The highest BCUT2D eigenvalue weighted by Crippen LogP contribution is 2.37. The van der Waals surface area contributed by atoms with E-state index in [2.05, 4.69) is 50.2 Å². The molecule has 0 saturated heterocycles. The van der Waals surface area contributed by atoms with Crippen molar-refractivity contribution in [3.8, 4) is 0 Å². The lowest BCUT2D eigenvalue weighted by Crippen LogP contribution is -2.57. The van der Waals surface area contributed by atoms with Gasteiger partial charge in [-0.05, 0) is 43.6 Å². The summed E-state index contributed by atoms with van der Waals surface area (Å²) in [5, 5.41) is 0.756. The molecule has 0 aliphatic heterocycles. The zero-order chi connectivity index (χ0) is 15.2. The molecule has 0 amide bonds. The molecular weight excluding hydrogens is 270 g/mol. The Kier molecular flexibility index (Phi) is 6.96. The maximum absolute atomic E-state index is 6.00. The van der Waals surface area contributed by atoms with Crippen molar-refractivity contribution in [3.63, 3.8) is 0 Å². The average Bonchev–Trinajstić information content (AvgIpc) is 2.49. The maximum atomic E-state index is 6.00. The SMILES string of the molecule is CCN(CC)C(CC)(CC)C(NN)c1ccc(Cl)cc1. The predicted molar refractivity (Wildman–Crippen MR) is 87.8 cm³/mol. The molecule has 0 bridgehead atoms. The van der Waals surface area contributed by atoms with Gasteiger partial charge in [-0.2, -0.15) is 0 Å². The van der Waals surface area contributed by atoms with E-state index in [1.54, 1.807) is 0 Å². The highest BCUT2D eigenvalue weighted by Gasteiger charge is 2.40. The second-order valence-electron chi connectivity index (χ2n) is 5.13. The first-order valence-electron chi connectivity index (χ1n) is 7.56. The van der Waals surface area contributed by atoms with Gasteiger partial charge in [0.25, 0.3) is 0 Å². The summed E-state index contributed by atoms with van der Waals surface area (Å²) in [5.41, 5.74) is 4.25. The molecule has 0 fully saturated rings. The molecule has 4 heteroatoms. The fourth-order valence-electron chi connectivity index (χ4n) is 3.36. The van der Waals surface area contributed by atoms with E-state index in [1.165, 1.54) is 5.56 Å². The van der Waals surface area contributed by atoms with Gasteiger partial charge in [-0.3, -0.25) is 16.2 Å². The Morgan fingerprint density at radius 2 is 1.60 bits per heavy atom. The monoisotopic (exact) mass is 297 g/mol. The van der Waals surface area contributed by atoms with Crippen molar-refractivity contribution in [2.45, 2.75) is 52.1 Å². The Hall–Kier alpha value is -0.610. The number of nitrogens with one attached hydrogen (secondary N) is 1. The highest BCUT2D eigenvalue weighted by molar-refractivity contribution is 6.30. The number of nitrogens with zero attached hydrogens (tertiary/aromatic N) is 1. The van der Waals surface area contributed by atoms with Crippen LogP contribution in [0.2, 0.25) is 5.02 Å². The van der Waals surface area contributed by atoms with E-state index in [1.807, 2.05) is 12.1 Å². The summed E-state index contributed by atoms with van der Waals surface area (Å²) in [6.07, 6.45) is 2.09. The van der Waals surface area contributed by atoms with Crippen LogP contribution in [0.4, 0.5) is 0 Å². The molecule has 0 heterocycles. The van der Waals surface area contributed by atoms with E-state index in [9.17, 15) is 0 Å². The Labute approximate surface area is 128 Å². The topological polar surface area (TPSA) is 41.3 Å². The third-order valence-electron chi connectivity index (χ3n) is 4.53. The standard InChI is InChI=1S/C16H28ClN3/c1-5-16(6-2,20(7-3)8-4)15(19-18)13-9-11-14(17)12-10-13/h9-12,15,19H,5-8,18H2,1-4H3. The molecule has 3 N–H and O–H groups in total. The van der Waals surface area contributed by atoms with E-state index >= 15 is 0 Å². The number of benzene rings is 1. The molecule has 1 unspecified atom stereocenters. The van der Waals surface area contributed by atoms with Crippen molar-refractivity contribution in [1.29, 1.82) is 0 Å². The van der Waals surface area contributed by atoms with Crippen LogP contribution >= 0.6 is 11.6 Å². The first-order chi connectivity index (χ1) is 9.59. The minimum absolute atomic E-state index is 0.0199. The fraction of sp³-hybridized carbons (Fsp3) is 0.625. The molecule has 0 radical (unpaired) electrons. The summed E-state index contributed by atoms with van der Waals surface area (Å²) < 4.78 is 0. The van der Waals surface area contributed by atoms with Gasteiger partial charge in [0.05, 0.1) is 6.04 Å².